The predicted octanol–water partition coefficient (Wildman–Crippen LogP) is 3.37. The molecule has 4 atom stereocenters. The van der Waals surface area contributed by atoms with Crippen molar-refractivity contribution in [2.45, 2.75) is 49.7 Å². The minimum absolute atomic E-state index is 0.0686. The van der Waals surface area contributed by atoms with E-state index in [1.165, 1.54) is 17.0 Å². The summed E-state index contributed by atoms with van der Waals surface area (Å²) in [5.74, 6) is 0.476. The molecule has 8 nitrogen and oxygen atoms in total. The van der Waals surface area contributed by atoms with E-state index in [0.717, 1.165) is 12.1 Å². The molecule has 13 heteroatoms. The van der Waals surface area contributed by atoms with Gasteiger partial charge in [0.1, 0.15) is 11.9 Å². The highest BCUT2D eigenvalue weighted by molar-refractivity contribution is 8.36. The topological polar surface area (TPSA) is 85.2 Å². The zero-order chi connectivity index (χ0) is 24.9. The summed E-state index contributed by atoms with van der Waals surface area (Å²) in [6.45, 7) is 5.05. The molecule has 35 heavy (non-hydrogen) atoms. The lowest BCUT2D eigenvalue weighted by Crippen LogP contribution is -2.55. The number of hydrogen-bond acceptors (Lipinski definition) is 7. The molecular formula is C22H24ClF3N6O2S. The van der Waals surface area contributed by atoms with Crippen molar-refractivity contribution in [1.29, 1.82) is 0 Å². The van der Waals surface area contributed by atoms with Gasteiger partial charge in [-0.1, -0.05) is 10.7 Å². The average Bonchev–Trinajstić information content (AvgIpc) is 2.92. The Kier molecular flexibility index (Phi) is 6.30. The first-order valence-electron chi connectivity index (χ1n) is 11.1. The molecule has 1 N–H and O–H groups in total. The molecule has 188 valence electrons. The first-order chi connectivity index (χ1) is 16.6. The van der Waals surface area contributed by atoms with Crippen molar-refractivity contribution in [2.75, 3.05) is 23.7 Å². The molecule has 2 unspecified atom stereocenters. The fraction of sp³-hybridized carbons (Fsp3) is 0.455. The molecule has 1 saturated heterocycles. The maximum atomic E-state index is 13.9. The van der Waals surface area contributed by atoms with E-state index >= 15 is 0 Å². The predicted molar refractivity (Wildman–Crippen MR) is 130 cm³/mol. The number of thiol groups is 1. The summed E-state index contributed by atoms with van der Waals surface area (Å²) < 4.78 is 49.0. The Labute approximate surface area is 206 Å². The molecule has 5 rings (SSSR count). The second-order valence-electron chi connectivity index (χ2n) is 8.91. The van der Waals surface area contributed by atoms with Gasteiger partial charge in [-0.05, 0) is 32.0 Å². The van der Waals surface area contributed by atoms with Crippen molar-refractivity contribution in [3.05, 3.63) is 46.6 Å². The van der Waals surface area contributed by atoms with Crippen LogP contribution in [0, 0.1) is 0 Å². The van der Waals surface area contributed by atoms with Crippen molar-refractivity contribution in [3.8, 4) is 6.01 Å². The van der Waals surface area contributed by atoms with E-state index < -0.39 is 33.6 Å². The number of rotatable bonds is 3. The highest BCUT2D eigenvalue weighted by atomic mass is 35.7. The monoisotopic (exact) mass is 528 g/mol. The average molecular weight is 529 g/mol. The van der Waals surface area contributed by atoms with E-state index in [0.29, 0.717) is 23.5 Å². The van der Waals surface area contributed by atoms with Crippen LogP contribution in [0.3, 0.4) is 0 Å². The lowest BCUT2D eigenvalue weighted by molar-refractivity contribution is -0.137. The van der Waals surface area contributed by atoms with Crippen molar-refractivity contribution in [1.82, 2.24) is 24.8 Å². The molecule has 4 heterocycles. The molecule has 0 aliphatic carbocycles. The first kappa shape index (κ1) is 24.1. The van der Waals surface area contributed by atoms with Crippen LogP contribution in [-0.2, 0) is 12.7 Å². The summed E-state index contributed by atoms with van der Waals surface area (Å²) >= 11 is 0. The van der Waals surface area contributed by atoms with E-state index in [2.05, 4.69) is 20.3 Å². The van der Waals surface area contributed by atoms with Gasteiger partial charge in [0.15, 0.2) is 0 Å². The van der Waals surface area contributed by atoms with E-state index in [1.54, 1.807) is 6.07 Å². The molecule has 2 aliphatic heterocycles. The molecule has 3 aromatic rings. The lowest BCUT2D eigenvalue weighted by Gasteiger charge is -2.37. The fourth-order valence-corrected chi connectivity index (χ4v) is 7.09. The van der Waals surface area contributed by atoms with Gasteiger partial charge in [-0.25, -0.2) is 14.8 Å². The summed E-state index contributed by atoms with van der Waals surface area (Å²) in [4.78, 5) is 27.8. The number of hydrogen-bond donors (Lipinski definition) is 2. The third-order valence-corrected chi connectivity index (χ3v) is 8.60. The molecule has 1 aromatic carbocycles. The molecular weight excluding hydrogens is 505 g/mol. The molecule has 0 bridgehead atoms. The number of alkyl halides is 3. The maximum Gasteiger partial charge on any atom is 0.416 e. The summed E-state index contributed by atoms with van der Waals surface area (Å²) in [5.41, 5.74) is -0.992. The standard InChI is InChI=1S/C22H24ClF3N6O2S/c1-12-8-31(9-13(2)29-12)19-16-6-14(22(24,25)26)7-17-18(16)32(21(33)30-19)10-15(11-35(17)23)34-20-27-4-3-5-28-20/h3-7,12-13,15,29,35H,8-11H2,1-2H3/t12-,13+,15?. The molecule has 1 fully saturated rings. The quantitative estimate of drug-likeness (QED) is 0.504. The highest BCUT2D eigenvalue weighted by Crippen LogP contribution is 2.50. The van der Waals surface area contributed by atoms with Gasteiger partial charge in [-0.15, -0.1) is 10.1 Å². The first-order valence-corrected chi connectivity index (χ1v) is 13.6. The number of ether oxygens (including phenoxy) is 1. The summed E-state index contributed by atoms with van der Waals surface area (Å²) in [5, 5.41) is 3.65. The van der Waals surface area contributed by atoms with E-state index in [9.17, 15) is 18.0 Å². The second-order valence-corrected chi connectivity index (χ2v) is 11.7. The van der Waals surface area contributed by atoms with Crippen LogP contribution in [0.4, 0.5) is 19.0 Å². The Bertz CT molecular complexity index is 1300. The Morgan fingerprint density at radius 2 is 1.83 bits per heavy atom. The van der Waals surface area contributed by atoms with E-state index in [4.69, 9.17) is 15.4 Å². The van der Waals surface area contributed by atoms with Gasteiger partial charge in [0.2, 0.25) is 0 Å². The zero-order valence-electron chi connectivity index (χ0n) is 19.0. The van der Waals surface area contributed by atoms with Crippen LogP contribution in [0.15, 0.2) is 40.3 Å². The van der Waals surface area contributed by atoms with Crippen LogP contribution >= 0.6 is 20.8 Å². The van der Waals surface area contributed by atoms with Crippen molar-refractivity contribution >= 4 is 37.5 Å². The van der Waals surface area contributed by atoms with Crippen LogP contribution in [0.1, 0.15) is 19.4 Å². The minimum atomic E-state index is -4.58. The molecule has 2 aromatic heterocycles. The van der Waals surface area contributed by atoms with Gasteiger partial charge in [-0.2, -0.15) is 18.2 Å². The fourth-order valence-electron chi connectivity index (χ4n) is 4.75. The van der Waals surface area contributed by atoms with Gasteiger partial charge in [0.05, 0.1) is 17.6 Å². The van der Waals surface area contributed by atoms with Gasteiger partial charge < -0.3 is 15.0 Å². The largest absolute Gasteiger partial charge is 0.457 e. The Morgan fingerprint density at radius 1 is 1.14 bits per heavy atom. The number of aromatic nitrogens is 4. The van der Waals surface area contributed by atoms with Crippen LogP contribution < -0.4 is 20.6 Å². The third-order valence-electron chi connectivity index (χ3n) is 6.04. The van der Waals surface area contributed by atoms with Gasteiger partial charge in [-0.3, -0.25) is 4.57 Å². The van der Waals surface area contributed by atoms with Gasteiger partial charge in [0, 0.05) is 53.6 Å². The second kappa shape index (κ2) is 9.14. The molecule has 0 saturated carbocycles. The lowest BCUT2D eigenvalue weighted by atomic mass is 10.1. The van der Waals surface area contributed by atoms with E-state index in [1.807, 2.05) is 18.7 Å². The number of benzene rings is 1. The molecule has 0 spiro atoms. The zero-order valence-corrected chi connectivity index (χ0v) is 20.6. The molecule has 2 aliphatic rings. The molecule has 0 radical (unpaired) electrons. The third kappa shape index (κ3) is 4.78. The number of nitrogens with zero attached hydrogens (tertiary/aromatic N) is 5. The Balaban J connectivity index is 1.69. The normalized spacial score (nSPS) is 25.9. The van der Waals surface area contributed by atoms with Crippen LogP contribution in [0.25, 0.3) is 10.9 Å². The molecule has 0 amide bonds. The summed E-state index contributed by atoms with van der Waals surface area (Å²) in [7, 11) is 5.15. The van der Waals surface area contributed by atoms with Crippen molar-refractivity contribution < 1.29 is 17.9 Å². The summed E-state index contributed by atoms with van der Waals surface area (Å²) in [6.07, 6.45) is -2.16. The number of anilines is 1. The highest BCUT2D eigenvalue weighted by Gasteiger charge is 2.36. The van der Waals surface area contributed by atoms with Crippen molar-refractivity contribution in [3.63, 3.8) is 0 Å². The smallest absolute Gasteiger partial charge is 0.416 e. The van der Waals surface area contributed by atoms with Gasteiger partial charge in [0.25, 0.3) is 0 Å². The summed E-state index contributed by atoms with van der Waals surface area (Å²) in [6, 6.07) is 4.04. The Hall–Kier alpha value is -2.57. The Morgan fingerprint density at radius 3 is 2.49 bits per heavy atom. The van der Waals surface area contributed by atoms with Crippen molar-refractivity contribution in [2.24, 2.45) is 0 Å². The van der Waals surface area contributed by atoms with Crippen LogP contribution in [0.5, 0.6) is 6.01 Å². The number of piperazine rings is 1. The number of halogens is 4. The maximum absolute atomic E-state index is 13.9. The van der Waals surface area contributed by atoms with Crippen LogP contribution in [-0.4, -0.2) is 56.5 Å². The minimum Gasteiger partial charge on any atom is -0.457 e. The van der Waals surface area contributed by atoms with E-state index in [-0.39, 0.29) is 41.6 Å². The SMILES string of the molecule is C[C@@H]1CN(c2nc(=O)n3c4c(cc(C(F)(F)F)cc24)[SH](Cl)CC(Oc2ncccn2)C3)C[C@H](C)N1. The van der Waals surface area contributed by atoms with Gasteiger partial charge >= 0.3 is 17.9 Å². The number of nitrogens with one attached hydrogen (secondary N) is 1. The van der Waals surface area contributed by atoms with Crippen LogP contribution in [0.2, 0.25) is 0 Å².